The summed E-state index contributed by atoms with van der Waals surface area (Å²) in [5.41, 5.74) is 3.50. The summed E-state index contributed by atoms with van der Waals surface area (Å²) in [5.74, 6) is 0.0817. The highest BCUT2D eigenvalue weighted by atomic mass is 79.9. The van der Waals surface area contributed by atoms with Gasteiger partial charge in [-0.25, -0.2) is 0 Å². The molecule has 116 valence electrons. The van der Waals surface area contributed by atoms with Crippen LogP contribution >= 0.6 is 15.9 Å². The smallest absolute Gasteiger partial charge is 0.322 e. The zero-order valence-corrected chi connectivity index (χ0v) is 14.2. The fourth-order valence-electron chi connectivity index (χ4n) is 2.15. The fraction of sp³-hybridized carbons (Fsp3) is 0.118. The molecule has 0 bridgehead atoms. The molecule has 1 amide bonds. The number of aryl methyl sites for hydroxylation is 2. The van der Waals surface area contributed by atoms with Gasteiger partial charge in [-0.05, 0) is 43.7 Å². The number of benzene rings is 2. The maximum Gasteiger partial charge on any atom is 0.322 e. The molecular formula is C17H14BrN3O2. The summed E-state index contributed by atoms with van der Waals surface area (Å²) in [4.78, 5) is 12.2. The van der Waals surface area contributed by atoms with Crippen LogP contribution in [0.1, 0.15) is 21.5 Å². The molecule has 0 fully saturated rings. The van der Waals surface area contributed by atoms with Crippen molar-refractivity contribution in [3.63, 3.8) is 0 Å². The van der Waals surface area contributed by atoms with Gasteiger partial charge in [-0.1, -0.05) is 44.8 Å². The SMILES string of the molecule is Cc1ccc(C)c(-c2nnc(NC(=O)c3cccc(Br)c3)o2)c1. The first-order valence-electron chi connectivity index (χ1n) is 7.01. The number of halogens is 1. The molecule has 3 rings (SSSR count). The number of anilines is 1. The van der Waals surface area contributed by atoms with Crippen LogP contribution in [-0.4, -0.2) is 16.1 Å². The van der Waals surface area contributed by atoms with Gasteiger partial charge in [-0.15, -0.1) is 5.10 Å². The van der Waals surface area contributed by atoms with E-state index in [-0.39, 0.29) is 11.9 Å². The van der Waals surface area contributed by atoms with E-state index in [0.29, 0.717) is 11.5 Å². The van der Waals surface area contributed by atoms with Crippen molar-refractivity contribution in [2.24, 2.45) is 0 Å². The fourth-order valence-corrected chi connectivity index (χ4v) is 2.55. The molecule has 0 unspecified atom stereocenters. The van der Waals surface area contributed by atoms with Crippen LogP contribution in [0, 0.1) is 13.8 Å². The monoisotopic (exact) mass is 371 g/mol. The molecule has 6 heteroatoms. The molecule has 0 saturated heterocycles. The van der Waals surface area contributed by atoms with Crippen molar-refractivity contribution in [3.05, 3.63) is 63.6 Å². The van der Waals surface area contributed by atoms with Crippen LogP contribution in [0.15, 0.2) is 51.4 Å². The van der Waals surface area contributed by atoms with Crippen LogP contribution in [0.4, 0.5) is 6.01 Å². The summed E-state index contributed by atoms with van der Waals surface area (Å²) in [6.07, 6.45) is 0. The van der Waals surface area contributed by atoms with Crippen LogP contribution in [0.25, 0.3) is 11.5 Å². The molecule has 0 saturated carbocycles. The molecule has 1 aromatic heterocycles. The van der Waals surface area contributed by atoms with E-state index in [4.69, 9.17) is 4.42 Å². The van der Waals surface area contributed by atoms with Gasteiger partial charge in [0.1, 0.15) is 0 Å². The molecular weight excluding hydrogens is 358 g/mol. The van der Waals surface area contributed by atoms with E-state index in [2.05, 4.69) is 31.4 Å². The minimum Gasteiger partial charge on any atom is -0.403 e. The van der Waals surface area contributed by atoms with Crippen molar-refractivity contribution in [3.8, 4) is 11.5 Å². The molecule has 2 aromatic carbocycles. The molecule has 5 nitrogen and oxygen atoms in total. The minimum absolute atomic E-state index is 0.0749. The second-order valence-electron chi connectivity index (χ2n) is 5.20. The molecule has 23 heavy (non-hydrogen) atoms. The van der Waals surface area contributed by atoms with E-state index in [0.717, 1.165) is 21.2 Å². The van der Waals surface area contributed by atoms with Crippen LogP contribution in [-0.2, 0) is 0 Å². The van der Waals surface area contributed by atoms with Gasteiger partial charge in [0.05, 0.1) is 0 Å². The van der Waals surface area contributed by atoms with Crippen LogP contribution in [0.5, 0.6) is 0 Å². The first-order valence-corrected chi connectivity index (χ1v) is 7.80. The lowest BCUT2D eigenvalue weighted by atomic mass is 10.1. The molecule has 0 aliphatic rings. The van der Waals surface area contributed by atoms with Crippen molar-refractivity contribution in [1.29, 1.82) is 0 Å². The molecule has 1 N–H and O–H groups in total. The largest absolute Gasteiger partial charge is 0.403 e. The molecule has 0 aliphatic heterocycles. The van der Waals surface area contributed by atoms with Gasteiger partial charge in [-0.3, -0.25) is 10.1 Å². The van der Waals surface area contributed by atoms with Crippen LogP contribution in [0.3, 0.4) is 0 Å². The van der Waals surface area contributed by atoms with E-state index < -0.39 is 0 Å². The van der Waals surface area contributed by atoms with Gasteiger partial charge in [0.2, 0.25) is 5.89 Å². The Kier molecular flexibility index (Phi) is 4.25. The van der Waals surface area contributed by atoms with Gasteiger partial charge < -0.3 is 4.42 Å². The molecule has 0 spiro atoms. The highest BCUT2D eigenvalue weighted by molar-refractivity contribution is 9.10. The highest BCUT2D eigenvalue weighted by Gasteiger charge is 2.14. The van der Waals surface area contributed by atoms with E-state index in [9.17, 15) is 4.79 Å². The van der Waals surface area contributed by atoms with Gasteiger partial charge in [0.15, 0.2) is 0 Å². The number of rotatable bonds is 3. The topological polar surface area (TPSA) is 68.0 Å². The molecule has 3 aromatic rings. The average molecular weight is 372 g/mol. The van der Waals surface area contributed by atoms with Gasteiger partial charge >= 0.3 is 6.01 Å². The van der Waals surface area contributed by atoms with E-state index in [1.807, 2.05) is 38.1 Å². The number of hydrogen-bond donors (Lipinski definition) is 1. The van der Waals surface area contributed by atoms with Gasteiger partial charge in [0.25, 0.3) is 5.91 Å². The lowest BCUT2D eigenvalue weighted by molar-refractivity contribution is 0.102. The van der Waals surface area contributed by atoms with Crippen molar-refractivity contribution < 1.29 is 9.21 Å². The van der Waals surface area contributed by atoms with Crippen LogP contribution in [0.2, 0.25) is 0 Å². The molecule has 0 atom stereocenters. The lowest BCUT2D eigenvalue weighted by Gasteiger charge is -2.02. The number of carbonyl (C=O) groups is 1. The van der Waals surface area contributed by atoms with E-state index in [1.54, 1.807) is 18.2 Å². The Morgan fingerprint density at radius 1 is 1.13 bits per heavy atom. The number of nitrogens with zero attached hydrogens (tertiary/aromatic N) is 2. The second-order valence-corrected chi connectivity index (χ2v) is 6.11. The molecule has 0 aliphatic carbocycles. The van der Waals surface area contributed by atoms with E-state index >= 15 is 0 Å². The Morgan fingerprint density at radius 2 is 1.96 bits per heavy atom. The van der Waals surface area contributed by atoms with Crippen molar-refractivity contribution in [2.75, 3.05) is 5.32 Å². The summed E-state index contributed by atoms with van der Waals surface area (Å²) in [6.45, 7) is 3.97. The second kappa shape index (κ2) is 6.34. The maximum atomic E-state index is 12.2. The third kappa shape index (κ3) is 3.48. The molecule has 0 radical (unpaired) electrons. The third-order valence-corrected chi connectivity index (χ3v) is 3.85. The predicted octanol–water partition coefficient (Wildman–Crippen LogP) is 4.37. The summed E-state index contributed by atoms with van der Waals surface area (Å²) >= 11 is 3.33. The highest BCUT2D eigenvalue weighted by Crippen LogP contribution is 2.24. The Hall–Kier alpha value is -2.47. The zero-order chi connectivity index (χ0) is 16.4. The Morgan fingerprint density at radius 3 is 2.74 bits per heavy atom. The standard InChI is InChI=1S/C17H14BrN3O2/c1-10-6-7-11(2)14(8-10)16-20-21-17(23-16)19-15(22)12-4-3-5-13(18)9-12/h3-9H,1-2H3,(H,19,21,22). The van der Waals surface area contributed by atoms with Gasteiger partial charge in [-0.2, -0.15) is 0 Å². The minimum atomic E-state index is -0.303. The summed E-state index contributed by atoms with van der Waals surface area (Å²) in [5, 5.41) is 10.5. The molecule has 1 heterocycles. The third-order valence-electron chi connectivity index (χ3n) is 3.36. The quantitative estimate of drug-likeness (QED) is 0.742. The van der Waals surface area contributed by atoms with Gasteiger partial charge in [0, 0.05) is 15.6 Å². The predicted molar refractivity (Wildman–Crippen MR) is 91.3 cm³/mol. The number of aromatic nitrogens is 2. The number of carbonyl (C=O) groups excluding carboxylic acids is 1. The lowest BCUT2D eigenvalue weighted by Crippen LogP contribution is -2.11. The van der Waals surface area contributed by atoms with Crippen molar-refractivity contribution in [2.45, 2.75) is 13.8 Å². The Labute approximate surface area is 141 Å². The number of amides is 1. The Bertz CT molecular complexity index is 874. The normalized spacial score (nSPS) is 10.6. The average Bonchev–Trinajstić information content (AvgIpc) is 2.98. The first kappa shape index (κ1) is 15.4. The van der Waals surface area contributed by atoms with Crippen molar-refractivity contribution in [1.82, 2.24) is 10.2 Å². The number of nitrogens with one attached hydrogen (secondary N) is 1. The summed E-state index contributed by atoms with van der Waals surface area (Å²) in [7, 11) is 0. The number of hydrogen-bond acceptors (Lipinski definition) is 4. The summed E-state index contributed by atoms with van der Waals surface area (Å²) < 4.78 is 6.39. The van der Waals surface area contributed by atoms with Crippen LogP contribution < -0.4 is 5.32 Å². The van der Waals surface area contributed by atoms with Crippen molar-refractivity contribution >= 4 is 27.9 Å². The zero-order valence-electron chi connectivity index (χ0n) is 12.6. The van der Waals surface area contributed by atoms with E-state index in [1.165, 1.54) is 0 Å². The summed E-state index contributed by atoms with van der Waals surface area (Å²) in [6, 6.07) is 13.1. The first-order chi connectivity index (χ1) is 11.0. The maximum absolute atomic E-state index is 12.2. The Balaban J connectivity index is 1.82.